The zero-order valence-corrected chi connectivity index (χ0v) is 18.2. The predicted octanol–water partition coefficient (Wildman–Crippen LogP) is 4.99. The first-order chi connectivity index (χ1) is 15.6. The molecule has 0 spiro atoms. The summed E-state index contributed by atoms with van der Waals surface area (Å²) in [5.74, 6) is -1.17. The summed E-state index contributed by atoms with van der Waals surface area (Å²) in [4.78, 5) is 26.7. The fourth-order valence-corrected chi connectivity index (χ4v) is 4.22. The third kappa shape index (κ3) is 5.31. The average molecular weight is 446 g/mol. The molecule has 1 N–H and O–H groups in total. The van der Waals surface area contributed by atoms with Crippen LogP contribution in [0.15, 0.2) is 84.4 Å². The Kier molecular flexibility index (Phi) is 6.77. The van der Waals surface area contributed by atoms with Gasteiger partial charge in [-0.2, -0.15) is 5.10 Å². The summed E-state index contributed by atoms with van der Waals surface area (Å²) in [5, 5.41) is 15.9. The Hall–Kier alpha value is -3.71. The molecule has 2 aromatic carbocycles. The van der Waals surface area contributed by atoms with Gasteiger partial charge in [-0.15, -0.1) is 11.3 Å². The highest BCUT2D eigenvalue weighted by Crippen LogP contribution is 2.29. The lowest BCUT2D eigenvalue weighted by atomic mass is 10.1. The molecule has 0 fully saturated rings. The molecule has 2 heterocycles. The van der Waals surface area contributed by atoms with E-state index in [1.807, 2.05) is 89.1 Å². The van der Waals surface area contributed by atoms with E-state index in [2.05, 4.69) is 0 Å². The number of hydrogen-bond donors (Lipinski definition) is 1. The first kappa shape index (κ1) is 21.5. The van der Waals surface area contributed by atoms with Gasteiger partial charge < -0.3 is 10.0 Å². The number of para-hydroxylation sites is 1. The van der Waals surface area contributed by atoms with Crippen molar-refractivity contribution in [3.8, 4) is 16.3 Å². The van der Waals surface area contributed by atoms with Crippen LogP contribution in [0.5, 0.6) is 0 Å². The van der Waals surface area contributed by atoms with E-state index in [1.54, 1.807) is 16.2 Å². The number of aliphatic carboxylic acids is 1. The molecule has 2 aromatic heterocycles. The topological polar surface area (TPSA) is 75.4 Å². The van der Waals surface area contributed by atoms with Crippen molar-refractivity contribution < 1.29 is 14.7 Å². The van der Waals surface area contributed by atoms with E-state index in [0.717, 1.165) is 27.4 Å². The van der Waals surface area contributed by atoms with Gasteiger partial charge in [0, 0.05) is 31.3 Å². The summed E-state index contributed by atoms with van der Waals surface area (Å²) >= 11 is 1.60. The lowest BCUT2D eigenvalue weighted by molar-refractivity contribution is -0.141. The van der Waals surface area contributed by atoms with Crippen LogP contribution in [0.3, 0.4) is 0 Å². The highest BCUT2D eigenvalue weighted by molar-refractivity contribution is 7.13. The quantitative estimate of drug-likeness (QED) is 0.394. The summed E-state index contributed by atoms with van der Waals surface area (Å²) in [6, 6.07) is 23.5. The summed E-state index contributed by atoms with van der Waals surface area (Å²) in [5.41, 5.74) is 3.66. The molecular formula is C25H23N3O3S. The van der Waals surface area contributed by atoms with Crippen LogP contribution < -0.4 is 0 Å². The Morgan fingerprint density at radius 2 is 1.62 bits per heavy atom. The number of nitrogens with zero attached hydrogens (tertiary/aromatic N) is 3. The molecule has 4 rings (SSSR count). The van der Waals surface area contributed by atoms with Crippen molar-refractivity contribution in [2.75, 3.05) is 0 Å². The minimum absolute atomic E-state index is 0.0384. The van der Waals surface area contributed by atoms with Crippen LogP contribution in [-0.4, -0.2) is 31.7 Å². The van der Waals surface area contributed by atoms with E-state index in [4.69, 9.17) is 10.2 Å². The van der Waals surface area contributed by atoms with Gasteiger partial charge in [0.25, 0.3) is 0 Å². The standard InChI is InChI=1S/C25H23N3O3S/c29-23(13-14-24(30)31)27(16-19-8-3-1-4-9-19)17-20-18-28(21-10-5-2-6-11-21)26-25(20)22-12-7-15-32-22/h1-12,15,18H,13-14,16-17H2,(H,30,31). The van der Waals surface area contributed by atoms with E-state index >= 15 is 0 Å². The molecule has 32 heavy (non-hydrogen) atoms. The first-order valence-corrected chi connectivity index (χ1v) is 11.2. The number of benzene rings is 2. The Bertz CT molecular complexity index is 1170. The van der Waals surface area contributed by atoms with Gasteiger partial charge in [0.05, 0.1) is 17.0 Å². The third-order valence-electron chi connectivity index (χ3n) is 5.05. The second-order valence-corrected chi connectivity index (χ2v) is 8.34. The molecule has 0 aliphatic heterocycles. The fraction of sp³-hybridized carbons (Fsp3) is 0.160. The largest absolute Gasteiger partial charge is 0.481 e. The second-order valence-electron chi connectivity index (χ2n) is 7.39. The number of amides is 1. The molecule has 0 aliphatic carbocycles. The summed E-state index contributed by atoms with van der Waals surface area (Å²) in [6.07, 6.45) is 1.72. The maximum absolute atomic E-state index is 13.0. The Morgan fingerprint density at radius 1 is 0.906 bits per heavy atom. The molecule has 162 valence electrons. The van der Waals surface area contributed by atoms with Gasteiger partial charge in [-0.05, 0) is 29.1 Å². The molecule has 1 amide bonds. The summed E-state index contributed by atoms with van der Waals surface area (Å²) in [6.45, 7) is 0.743. The van der Waals surface area contributed by atoms with Crippen molar-refractivity contribution in [2.24, 2.45) is 0 Å². The van der Waals surface area contributed by atoms with Gasteiger partial charge in [0.2, 0.25) is 5.91 Å². The Morgan fingerprint density at radius 3 is 2.28 bits per heavy atom. The number of carbonyl (C=O) groups excluding carboxylic acids is 1. The van der Waals surface area contributed by atoms with Crippen LogP contribution in [0, 0.1) is 0 Å². The number of rotatable bonds is 9. The van der Waals surface area contributed by atoms with Crippen LogP contribution in [0.1, 0.15) is 24.0 Å². The molecule has 0 saturated heterocycles. The predicted molar refractivity (Wildman–Crippen MR) is 124 cm³/mol. The zero-order valence-electron chi connectivity index (χ0n) is 17.4. The molecule has 0 radical (unpaired) electrons. The zero-order chi connectivity index (χ0) is 22.3. The maximum Gasteiger partial charge on any atom is 0.303 e. The van der Waals surface area contributed by atoms with E-state index in [9.17, 15) is 9.59 Å². The third-order valence-corrected chi connectivity index (χ3v) is 5.92. The minimum atomic E-state index is -0.978. The maximum atomic E-state index is 13.0. The van der Waals surface area contributed by atoms with Crippen LogP contribution in [-0.2, 0) is 22.7 Å². The normalized spacial score (nSPS) is 10.8. The van der Waals surface area contributed by atoms with Crippen molar-refractivity contribution in [3.63, 3.8) is 0 Å². The van der Waals surface area contributed by atoms with Crippen molar-refractivity contribution >= 4 is 23.2 Å². The Labute approximate surface area is 190 Å². The number of carboxylic acid groups (broad SMARTS) is 1. The van der Waals surface area contributed by atoms with Crippen LogP contribution in [0.4, 0.5) is 0 Å². The molecular weight excluding hydrogens is 422 g/mol. The SMILES string of the molecule is O=C(O)CCC(=O)N(Cc1ccccc1)Cc1cn(-c2ccccc2)nc1-c1cccs1. The van der Waals surface area contributed by atoms with E-state index < -0.39 is 5.97 Å². The molecule has 0 atom stereocenters. The molecule has 7 heteroatoms. The highest BCUT2D eigenvalue weighted by Gasteiger charge is 2.21. The lowest BCUT2D eigenvalue weighted by Gasteiger charge is -2.23. The summed E-state index contributed by atoms with van der Waals surface area (Å²) in [7, 11) is 0. The monoisotopic (exact) mass is 445 g/mol. The molecule has 0 aliphatic rings. The number of carbonyl (C=O) groups is 2. The first-order valence-electron chi connectivity index (χ1n) is 10.3. The van der Waals surface area contributed by atoms with Crippen LogP contribution in [0.2, 0.25) is 0 Å². The minimum Gasteiger partial charge on any atom is -0.481 e. The number of hydrogen-bond acceptors (Lipinski definition) is 4. The highest BCUT2D eigenvalue weighted by atomic mass is 32.1. The number of carboxylic acids is 1. The molecule has 6 nitrogen and oxygen atoms in total. The van der Waals surface area contributed by atoms with Crippen molar-refractivity contribution in [1.29, 1.82) is 0 Å². The smallest absolute Gasteiger partial charge is 0.303 e. The van der Waals surface area contributed by atoms with Gasteiger partial charge in [0.15, 0.2) is 0 Å². The van der Waals surface area contributed by atoms with Gasteiger partial charge in [-0.1, -0.05) is 54.6 Å². The molecule has 4 aromatic rings. The second kappa shape index (κ2) is 10.1. The average Bonchev–Trinajstić information content (AvgIpc) is 3.48. The van der Waals surface area contributed by atoms with Crippen molar-refractivity contribution in [3.05, 3.63) is 95.5 Å². The number of aromatic nitrogens is 2. The summed E-state index contributed by atoms with van der Waals surface area (Å²) < 4.78 is 1.83. The van der Waals surface area contributed by atoms with Gasteiger partial charge in [0.1, 0.15) is 5.69 Å². The fourth-order valence-electron chi connectivity index (χ4n) is 3.47. The van der Waals surface area contributed by atoms with E-state index in [1.165, 1.54) is 0 Å². The molecule has 0 unspecified atom stereocenters. The van der Waals surface area contributed by atoms with Crippen LogP contribution >= 0.6 is 11.3 Å². The van der Waals surface area contributed by atoms with E-state index in [0.29, 0.717) is 13.1 Å². The van der Waals surface area contributed by atoms with Gasteiger partial charge >= 0.3 is 5.97 Å². The van der Waals surface area contributed by atoms with Gasteiger partial charge in [-0.25, -0.2) is 4.68 Å². The number of thiophene rings is 1. The van der Waals surface area contributed by atoms with Crippen LogP contribution in [0.25, 0.3) is 16.3 Å². The van der Waals surface area contributed by atoms with Crippen molar-refractivity contribution in [1.82, 2.24) is 14.7 Å². The van der Waals surface area contributed by atoms with Gasteiger partial charge in [-0.3, -0.25) is 9.59 Å². The molecule has 0 bridgehead atoms. The molecule has 0 saturated carbocycles. The Balaban J connectivity index is 1.67. The van der Waals surface area contributed by atoms with Crippen molar-refractivity contribution in [2.45, 2.75) is 25.9 Å². The van der Waals surface area contributed by atoms with E-state index in [-0.39, 0.29) is 18.7 Å². The lowest BCUT2D eigenvalue weighted by Crippen LogP contribution is -2.30.